The van der Waals surface area contributed by atoms with E-state index in [1.807, 2.05) is 41.3 Å². The van der Waals surface area contributed by atoms with Gasteiger partial charge in [-0.25, -0.2) is 18.2 Å². The number of thiazole rings is 1. The number of nitrogens with zero attached hydrogens (tertiary/aromatic N) is 6. The Bertz CT molecular complexity index is 2180. The van der Waals surface area contributed by atoms with E-state index >= 15 is 8.78 Å². The molecule has 0 saturated carbocycles. The molecule has 4 fully saturated rings. The Labute approximate surface area is 301 Å². The van der Waals surface area contributed by atoms with Crippen LogP contribution in [0.3, 0.4) is 0 Å². The standard InChI is InChI=1S/C38H34ClF3N6O2S/c39-29-7-2-5-22-4-1-6-26(32(22)29)27-10-11-28-34(33(27)42)44-37(50-21-38-12-3-14-47(38)18-23(40)17-38)45-35(28)46-19-24-8-9-25(20-46)48(24)36(49)30(41)16-31-43-13-15-51-31/h1-2,4-7,10-11,13,15-16,23-25H,3,8-9,12,14,17-21H2/b30-16-/t23?,24?,25?,38-/m0/s1. The minimum atomic E-state index is -0.926. The zero-order valence-electron chi connectivity index (χ0n) is 27.6. The van der Waals surface area contributed by atoms with Crippen molar-refractivity contribution in [3.63, 3.8) is 0 Å². The molecule has 0 N–H and O–H groups in total. The van der Waals surface area contributed by atoms with Crippen molar-refractivity contribution < 1.29 is 22.7 Å². The largest absolute Gasteiger partial charge is 0.461 e. The third-order valence-electron chi connectivity index (χ3n) is 11.1. The first-order valence-electron chi connectivity index (χ1n) is 17.3. The predicted octanol–water partition coefficient (Wildman–Crippen LogP) is 7.84. The monoisotopic (exact) mass is 730 g/mol. The Morgan fingerprint density at radius 2 is 1.86 bits per heavy atom. The molecule has 4 aliphatic rings. The summed E-state index contributed by atoms with van der Waals surface area (Å²) in [5, 5.41) is 4.79. The lowest BCUT2D eigenvalue weighted by atomic mass is 9.95. The van der Waals surface area contributed by atoms with Crippen molar-refractivity contribution in [1.82, 2.24) is 24.8 Å². The lowest BCUT2D eigenvalue weighted by molar-refractivity contribution is -0.131. The number of ether oxygens (including phenoxy) is 1. The van der Waals surface area contributed by atoms with Crippen LogP contribution in [0, 0.1) is 5.82 Å². The van der Waals surface area contributed by atoms with Crippen LogP contribution in [0.2, 0.25) is 5.02 Å². The van der Waals surface area contributed by atoms with Gasteiger partial charge in [-0.1, -0.05) is 48.0 Å². The van der Waals surface area contributed by atoms with Crippen molar-refractivity contribution in [3.8, 4) is 17.1 Å². The van der Waals surface area contributed by atoms with E-state index in [4.69, 9.17) is 21.3 Å². The summed E-state index contributed by atoms with van der Waals surface area (Å²) in [6.07, 6.45) is 5.37. The van der Waals surface area contributed by atoms with E-state index in [9.17, 15) is 9.18 Å². The third kappa shape index (κ3) is 5.62. The van der Waals surface area contributed by atoms with Gasteiger partial charge in [0.05, 0.1) is 17.6 Å². The Kier molecular flexibility index (Phi) is 8.16. The van der Waals surface area contributed by atoms with Gasteiger partial charge in [-0.15, -0.1) is 11.3 Å². The summed E-state index contributed by atoms with van der Waals surface area (Å²) in [5.41, 5.74) is 0.625. The number of rotatable bonds is 7. The van der Waals surface area contributed by atoms with Gasteiger partial charge in [0, 0.05) is 65.1 Å². The second-order valence-corrected chi connectivity index (χ2v) is 15.4. The lowest BCUT2D eigenvalue weighted by Gasteiger charge is -2.41. The zero-order valence-corrected chi connectivity index (χ0v) is 29.1. The molecule has 8 nitrogen and oxygen atoms in total. The molecular formula is C38H34ClF3N6O2S. The minimum Gasteiger partial charge on any atom is -0.461 e. The van der Waals surface area contributed by atoms with Crippen molar-refractivity contribution >= 4 is 62.4 Å². The van der Waals surface area contributed by atoms with E-state index in [2.05, 4.69) is 14.9 Å². The number of hydrogen-bond acceptors (Lipinski definition) is 8. The van der Waals surface area contributed by atoms with Gasteiger partial charge in [0.15, 0.2) is 11.6 Å². The Morgan fingerprint density at radius 3 is 2.65 bits per heavy atom. The maximum absolute atomic E-state index is 17.0. The predicted molar refractivity (Wildman–Crippen MR) is 193 cm³/mol. The smallest absolute Gasteiger partial charge is 0.319 e. The first-order chi connectivity index (χ1) is 24.8. The van der Waals surface area contributed by atoms with Gasteiger partial charge >= 0.3 is 6.01 Å². The molecule has 3 aromatic carbocycles. The molecular weight excluding hydrogens is 697 g/mol. The number of carbonyl (C=O) groups is 1. The fourth-order valence-electron chi connectivity index (χ4n) is 8.81. The zero-order chi connectivity index (χ0) is 34.9. The van der Waals surface area contributed by atoms with Gasteiger partial charge in [-0.05, 0) is 55.3 Å². The van der Waals surface area contributed by atoms with Crippen molar-refractivity contribution in [2.45, 2.75) is 55.9 Å². The van der Waals surface area contributed by atoms with E-state index < -0.39 is 29.3 Å². The number of carbonyl (C=O) groups excluding carboxylic acids is 1. The Morgan fingerprint density at radius 1 is 1.06 bits per heavy atom. The summed E-state index contributed by atoms with van der Waals surface area (Å²) < 4.78 is 53.0. The van der Waals surface area contributed by atoms with Crippen LogP contribution < -0.4 is 9.64 Å². The van der Waals surface area contributed by atoms with Crippen LogP contribution in [0.25, 0.3) is 38.9 Å². The molecule has 9 rings (SSSR count). The molecule has 0 spiro atoms. The van der Waals surface area contributed by atoms with Gasteiger partial charge in [0.25, 0.3) is 5.91 Å². The highest BCUT2D eigenvalue weighted by atomic mass is 35.5. The summed E-state index contributed by atoms with van der Waals surface area (Å²) in [5.74, 6) is -1.55. The van der Waals surface area contributed by atoms with Crippen LogP contribution in [0.15, 0.2) is 65.9 Å². The molecule has 51 heavy (non-hydrogen) atoms. The highest BCUT2D eigenvalue weighted by Gasteiger charge is 2.50. The molecule has 262 valence electrons. The Balaban J connectivity index is 1.10. The normalized spacial score (nSPS) is 24.9. The number of anilines is 1. The van der Waals surface area contributed by atoms with E-state index in [1.54, 1.807) is 28.6 Å². The lowest BCUT2D eigenvalue weighted by Crippen LogP contribution is -2.56. The second kappa shape index (κ2) is 12.8. The molecule has 13 heteroatoms. The Hall–Kier alpha value is -4.26. The van der Waals surface area contributed by atoms with Crippen LogP contribution in [0.5, 0.6) is 6.01 Å². The summed E-state index contributed by atoms with van der Waals surface area (Å²) >= 11 is 7.91. The number of fused-ring (bicyclic) bond motifs is 5. The first-order valence-corrected chi connectivity index (χ1v) is 18.6. The van der Waals surface area contributed by atoms with Crippen LogP contribution in [0.4, 0.5) is 19.0 Å². The molecule has 2 bridgehead atoms. The molecule has 2 aromatic heterocycles. The number of aromatic nitrogens is 3. The number of halogens is 4. The van der Waals surface area contributed by atoms with Crippen LogP contribution >= 0.6 is 22.9 Å². The number of benzene rings is 3. The average molecular weight is 731 g/mol. The number of amides is 1. The van der Waals surface area contributed by atoms with Crippen molar-refractivity contribution in [2.24, 2.45) is 0 Å². The molecule has 5 aromatic rings. The summed E-state index contributed by atoms with van der Waals surface area (Å²) in [6.45, 7) is 2.13. The van der Waals surface area contributed by atoms with E-state index in [0.29, 0.717) is 71.3 Å². The van der Waals surface area contributed by atoms with Gasteiger partial charge in [0.1, 0.15) is 29.1 Å². The van der Waals surface area contributed by atoms with Crippen molar-refractivity contribution in [1.29, 1.82) is 0 Å². The number of alkyl halides is 1. The highest BCUT2D eigenvalue weighted by Crippen LogP contribution is 2.43. The van der Waals surface area contributed by atoms with Gasteiger partial charge in [-0.3, -0.25) is 9.69 Å². The van der Waals surface area contributed by atoms with E-state index in [1.165, 1.54) is 17.4 Å². The molecule has 1 amide bonds. The summed E-state index contributed by atoms with van der Waals surface area (Å²) in [6, 6.07) is 14.3. The van der Waals surface area contributed by atoms with Crippen molar-refractivity contribution in [2.75, 3.05) is 37.7 Å². The molecule has 4 aliphatic heterocycles. The molecule has 6 heterocycles. The maximum Gasteiger partial charge on any atom is 0.319 e. The molecule has 0 radical (unpaired) electrons. The summed E-state index contributed by atoms with van der Waals surface area (Å²) in [7, 11) is 0. The van der Waals surface area contributed by atoms with E-state index in [0.717, 1.165) is 30.2 Å². The maximum atomic E-state index is 17.0. The van der Waals surface area contributed by atoms with E-state index in [-0.39, 0.29) is 30.2 Å². The van der Waals surface area contributed by atoms with Crippen molar-refractivity contribution in [3.05, 3.63) is 81.8 Å². The second-order valence-electron chi connectivity index (χ2n) is 14.0. The minimum absolute atomic E-state index is 0.0105. The summed E-state index contributed by atoms with van der Waals surface area (Å²) in [4.78, 5) is 32.8. The third-order valence-corrected chi connectivity index (χ3v) is 12.1. The van der Waals surface area contributed by atoms with Crippen LogP contribution in [-0.4, -0.2) is 87.2 Å². The fraction of sp³-hybridized carbons (Fsp3) is 0.368. The fourth-order valence-corrected chi connectivity index (χ4v) is 9.65. The number of hydrogen-bond donors (Lipinski definition) is 0. The SMILES string of the molecule is O=C(/C(F)=C/c1nccs1)N1C2CCC1CN(c1nc(OC[C@@]34CCCN3CC(F)C4)nc3c(F)c(-c4cccc5cccc(Cl)c45)ccc13)C2. The van der Waals surface area contributed by atoms with Gasteiger partial charge in [0.2, 0.25) is 0 Å². The molecule has 4 saturated heterocycles. The highest BCUT2D eigenvalue weighted by molar-refractivity contribution is 7.10. The molecule has 3 unspecified atom stereocenters. The quantitative estimate of drug-likeness (QED) is 0.158. The first kappa shape index (κ1) is 32.6. The van der Waals surface area contributed by atoms with Crippen LogP contribution in [-0.2, 0) is 4.79 Å². The molecule has 0 aliphatic carbocycles. The topological polar surface area (TPSA) is 74.7 Å². The number of piperazine rings is 1. The van der Waals surface area contributed by atoms with Gasteiger partial charge < -0.3 is 14.5 Å². The van der Waals surface area contributed by atoms with Gasteiger partial charge in [-0.2, -0.15) is 9.97 Å². The van der Waals surface area contributed by atoms with Crippen LogP contribution in [0.1, 0.15) is 37.1 Å². The molecule has 4 atom stereocenters. The average Bonchev–Trinajstić information content (AvgIpc) is 3.90.